The van der Waals surface area contributed by atoms with E-state index in [1.54, 1.807) is 0 Å². The van der Waals surface area contributed by atoms with Crippen LogP contribution < -0.4 is 11.5 Å². The van der Waals surface area contributed by atoms with Crippen LogP contribution in [0.15, 0.2) is 11.1 Å². The van der Waals surface area contributed by atoms with Gasteiger partial charge in [-0.05, 0) is 25.7 Å². The molecule has 0 radical (unpaired) electrons. The molecule has 0 saturated heterocycles. The molecular formula is C28H54N2O2. The molecule has 4 nitrogen and oxygen atoms in total. The Morgan fingerprint density at radius 1 is 0.406 bits per heavy atom. The van der Waals surface area contributed by atoms with Crippen molar-refractivity contribution in [3.63, 3.8) is 0 Å². The number of carbonyl (C=O) groups is 2. The van der Waals surface area contributed by atoms with Gasteiger partial charge >= 0.3 is 0 Å². The summed E-state index contributed by atoms with van der Waals surface area (Å²) in [6, 6.07) is 0. The highest BCUT2D eigenvalue weighted by atomic mass is 16.2. The van der Waals surface area contributed by atoms with E-state index in [0.717, 1.165) is 25.7 Å². The second-order valence-corrected chi connectivity index (χ2v) is 9.55. The SMILES string of the molecule is CCCCCCCCCCCC/C(C(N)=O)=C(\CCCCCCCCCCCC)C(N)=O. The van der Waals surface area contributed by atoms with Crippen molar-refractivity contribution in [1.29, 1.82) is 0 Å². The standard InChI is InChI=1S/C28H54N2O2/c1-3-5-7-9-11-13-15-17-19-21-23-25(27(29)31)26(28(30)32)24-22-20-18-16-14-12-10-8-6-4-2/h3-24H2,1-2H3,(H2,29,31)(H2,30,32)/b26-25-. The van der Waals surface area contributed by atoms with Gasteiger partial charge in [-0.3, -0.25) is 9.59 Å². The van der Waals surface area contributed by atoms with Crippen LogP contribution in [0.4, 0.5) is 0 Å². The molecule has 188 valence electrons. The van der Waals surface area contributed by atoms with Crippen molar-refractivity contribution >= 4 is 11.8 Å². The lowest BCUT2D eigenvalue weighted by molar-refractivity contribution is -0.117. The Bertz CT molecular complexity index is 456. The van der Waals surface area contributed by atoms with E-state index in [1.165, 1.54) is 103 Å². The molecule has 0 heterocycles. The van der Waals surface area contributed by atoms with Crippen LogP contribution in [0.2, 0.25) is 0 Å². The largest absolute Gasteiger partial charge is 0.366 e. The highest BCUT2D eigenvalue weighted by molar-refractivity contribution is 6.03. The Morgan fingerprint density at radius 3 is 0.844 bits per heavy atom. The maximum absolute atomic E-state index is 12.0. The van der Waals surface area contributed by atoms with Gasteiger partial charge in [0.2, 0.25) is 11.8 Å². The van der Waals surface area contributed by atoms with Crippen molar-refractivity contribution in [3.8, 4) is 0 Å². The third-order valence-electron chi connectivity index (χ3n) is 6.52. The fraction of sp³-hybridized carbons (Fsp3) is 0.857. The summed E-state index contributed by atoms with van der Waals surface area (Å²) in [7, 11) is 0. The van der Waals surface area contributed by atoms with Crippen LogP contribution in [0.25, 0.3) is 0 Å². The van der Waals surface area contributed by atoms with Crippen LogP contribution in [-0.4, -0.2) is 11.8 Å². The topological polar surface area (TPSA) is 86.2 Å². The molecular weight excluding hydrogens is 396 g/mol. The maximum atomic E-state index is 12.0. The van der Waals surface area contributed by atoms with Crippen LogP contribution in [0.1, 0.15) is 155 Å². The molecule has 0 aromatic heterocycles. The predicted molar refractivity (Wildman–Crippen MR) is 138 cm³/mol. The Hall–Kier alpha value is -1.32. The molecule has 0 fully saturated rings. The quantitative estimate of drug-likeness (QED) is 0.116. The predicted octanol–water partition coefficient (Wildman–Crippen LogP) is 7.88. The smallest absolute Gasteiger partial charge is 0.245 e. The Balaban J connectivity index is 4.11. The number of hydrogen-bond donors (Lipinski definition) is 2. The van der Waals surface area contributed by atoms with Crippen LogP contribution in [0, 0.1) is 0 Å². The van der Waals surface area contributed by atoms with Gasteiger partial charge in [-0.15, -0.1) is 0 Å². The molecule has 0 saturated carbocycles. The van der Waals surface area contributed by atoms with Crippen molar-refractivity contribution in [3.05, 3.63) is 11.1 Å². The number of hydrogen-bond acceptors (Lipinski definition) is 2. The van der Waals surface area contributed by atoms with Crippen molar-refractivity contribution in [2.24, 2.45) is 11.5 Å². The van der Waals surface area contributed by atoms with Gasteiger partial charge in [-0.2, -0.15) is 0 Å². The van der Waals surface area contributed by atoms with Crippen molar-refractivity contribution in [2.75, 3.05) is 0 Å². The summed E-state index contributed by atoms with van der Waals surface area (Å²) in [4.78, 5) is 24.0. The number of rotatable bonds is 24. The van der Waals surface area contributed by atoms with Crippen LogP contribution in [0.5, 0.6) is 0 Å². The molecule has 2 amide bonds. The molecule has 0 aliphatic heterocycles. The molecule has 0 bridgehead atoms. The fourth-order valence-corrected chi connectivity index (χ4v) is 4.42. The minimum Gasteiger partial charge on any atom is -0.366 e. The number of amides is 2. The molecule has 32 heavy (non-hydrogen) atoms. The first kappa shape index (κ1) is 30.7. The van der Waals surface area contributed by atoms with Gasteiger partial charge in [-0.25, -0.2) is 0 Å². The second kappa shape index (κ2) is 22.9. The second-order valence-electron chi connectivity index (χ2n) is 9.55. The fourth-order valence-electron chi connectivity index (χ4n) is 4.42. The van der Waals surface area contributed by atoms with Gasteiger partial charge in [0.05, 0.1) is 0 Å². The van der Waals surface area contributed by atoms with Crippen LogP contribution in [0.3, 0.4) is 0 Å². The summed E-state index contributed by atoms with van der Waals surface area (Å²) in [6.45, 7) is 4.49. The van der Waals surface area contributed by atoms with E-state index < -0.39 is 11.8 Å². The van der Waals surface area contributed by atoms with Crippen molar-refractivity contribution in [2.45, 2.75) is 155 Å². The Labute approximate surface area is 199 Å². The molecule has 0 aliphatic carbocycles. The van der Waals surface area contributed by atoms with Crippen molar-refractivity contribution in [1.82, 2.24) is 0 Å². The molecule has 4 heteroatoms. The zero-order chi connectivity index (χ0) is 23.9. The molecule has 4 N–H and O–H groups in total. The van der Waals surface area contributed by atoms with Gasteiger partial charge in [0.1, 0.15) is 0 Å². The Morgan fingerprint density at radius 2 is 0.625 bits per heavy atom. The lowest BCUT2D eigenvalue weighted by Crippen LogP contribution is -2.23. The first-order valence-electron chi connectivity index (χ1n) is 13.9. The molecule has 0 rings (SSSR count). The lowest BCUT2D eigenvalue weighted by Gasteiger charge is -2.11. The average Bonchev–Trinajstić information content (AvgIpc) is 2.76. The zero-order valence-corrected chi connectivity index (χ0v) is 21.5. The van der Waals surface area contributed by atoms with E-state index in [0.29, 0.717) is 24.0 Å². The summed E-state index contributed by atoms with van der Waals surface area (Å²) >= 11 is 0. The van der Waals surface area contributed by atoms with Gasteiger partial charge in [0, 0.05) is 11.1 Å². The van der Waals surface area contributed by atoms with Crippen LogP contribution >= 0.6 is 0 Å². The van der Waals surface area contributed by atoms with E-state index in [9.17, 15) is 9.59 Å². The minimum absolute atomic E-state index is 0.471. The summed E-state index contributed by atoms with van der Waals surface area (Å²) in [6.07, 6.45) is 26.0. The van der Waals surface area contributed by atoms with E-state index >= 15 is 0 Å². The first-order valence-corrected chi connectivity index (χ1v) is 13.9. The summed E-state index contributed by atoms with van der Waals surface area (Å²) in [5.74, 6) is -0.941. The Kier molecular flexibility index (Phi) is 21.9. The van der Waals surface area contributed by atoms with Gasteiger partial charge < -0.3 is 11.5 Å². The lowest BCUT2D eigenvalue weighted by atomic mass is 9.95. The number of carbonyl (C=O) groups excluding carboxylic acids is 2. The van der Waals surface area contributed by atoms with E-state index in [2.05, 4.69) is 13.8 Å². The highest BCUT2D eigenvalue weighted by Crippen LogP contribution is 2.21. The van der Waals surface area contributed by atoms with Crippen LogP contribution in [-0.2, 0) is 9.59 Å². The molecule has 0 atom stereocenters. The number of primary amides is 2. The number of unbranched alkanes of at least 4 members (excludes halogenated alkanes) is 18. The molecule has 0 aliphatic rings. The molecule has 0 aromatic carbocycles. The summed E-state index contributed by atoms with van der Waals surface area (Å²) < 4.78 is 0. The zero-order valence-electron chi connectivity index (χ0n) is 21.5. The van der Waals surface area contributed by atoms with Gasteiger partial charge in [0.15, 0.2) is 0 Å². The van der Waals surface area contributed by atoms with Crippen molar-refractivity contribution < 1.29 is 9.59 Å². The van der Waals surface area contributed by atoms with Gasteiger partial charge in [0.25, 0.3) is 0 Å². The normalized spacial score (nSPS) is 12.1. The summed E-state index contributed by atoms with van der Waals surface area (Å²) in [5, 5.41) is 0. The maximum Gasteiger partial charge on any atom is 0.245 e. The highest BCUT2D eigenvalue weighted by Gasteiger charge is 2.16. The minimum atomic E-state index is -0.471. The monoisotopic (exact) mass is 450 g/mol. The summed E-state index contributed by atoms with van der Waals surface area (Å²) in [5.41, 5.74) is 12.2. The van der Waals surface area contributed by atoms with E-state index in [-0.39, 0.29) is 0 Å². The van der Waals surface area contributed by atoms with Gasteiger partial charge in [-0.1, -0.05) is 129 Å². The van der Waals surface area contributed by atoms with E-state index in [4.69, 9.17) is 11.5 Å². The third kappa shape index (κ3) is 18.3. The first-order chi connectivity index (χ1) is 15.5. The number of nitrogens with two attached hydrogens (primary N) is 2. The molecule has 0 unspecified atom stereocenters. The molecule has 0 spiro atoms. The molecule has 0 aromatic rings. The van der Waals surface area contributed by atoms with E-state index in [1.807, 2.05) is 0 Å². The third-order valence-corrected chi connectivity index (χ3v) is 6.52. The average molecular weight is 451 g/mol.